The number of benzene rings is 4. The van der Waals surface area contributed by atoms with Gasteiger partial charge in [0.15, 0.2) is 0 Å². The molecule has 5 rings (SSSR count). The Morgan fingerprint density at radius 3 is 2.00 bits per heavy atom. The highest BCUT2D eigenvalue weighted by Crippen LogP contribution is 2.38. The van der Waals surface area contributed by atoms with Gasteiger partial charge in [-0.3, -0.25) is 10.1 Å². The van der Waals surface area contributed by atoms with Gasteiger partial charge in [0.25, 0.3) is 5.69 Å². The molecule has 3 nitrogen and oxygen atoms in total. The number of non-ortho nitro benzene ring substituents is 1. The van der Waals surface area contributed by atoms with Crippen molar-refractivity contribution in [1.29, 1.82) is 0 Å². The lowest BCUT2D eigenvalue weighted by molar-refractivity contribution is -0.384. The molecule has 0 aliphatic rings. The lowest BCUT2D eigenvalue weighted by Gasteiger charge is -2.10. The van der Waals surface area contributed by atoms with E-state index in [-0.39, 0.29) is 10.6 Å². The fourth-order valence-electron chi connectivity index (χ4n) is 3.64. The zero-order valence-corrected chi connectivity index (χ0v) is 15.6. The highest BCUT2D eigenvalue weighted by Gasteiger charge is 2.11. The van der Waals surface area contributed by atoms with Crippen molar-refractivity contribution in [2.75, 3.05) is 0 Å². The van der Waals surface area contributed by atoms with Gasteiger partial charge in [-0.2, -0.15) is 0 Å². The van der Waals surface area contributed by atoms with Crippen molar-refractivity contribution < 1.29 is 4.92 Å². The van der Waals surface area contributed by atoms with Gasteiger partial charge >= 0.3 is 0 Å². The summed E-state index contributed by atoms with van der Waals surface area (Å²) in [4.78, 5) is 10.6. The van der Waals surface area contributed by atoms with Crippen LogP contribution in [0.25, 0.3) is 42.4 Å². The summed E-state index contributed by atoms with van der Waals surface area (Å²) in [6.45, 7) is 0. The van der Waals surface area contributed by atoms with Gasteiger partial charge in [0.2, 0.25) is 0 Å². The van der Waals surface area contributed by atoms with Crippen LogP contribution in [-0.2, 0) is 0 Å². The molecule has 5 aromatic rings. The second-order valence-electron chi connectivity index (χ2n) is 6.66. The third-order valence-electron chi connectivity index (χ3n) is 5.01. The van der Waals surface area contributed by atoms with Crippen molar-refractivity contribution in [1.82, 2.24) is 0 Å². The molecule has 134 valence electrons. The van der Waals surface area contributed by atoms with Crippen molar-refractivity contribution in [3.05, 3.63) is 101 Å². The largest absolute Gasteiger partial charge is 0.269 e. The summed E-state index contributed by atoms with van der Waals surface area (Å²) < 4.78 is 2.55. The number of nitro benzene ring substituents is 1. The van der Waals surface area contributed by atoms with Gasteiger partial charge in [-0.05, 0) is 46.5 Å². The van der Waals surface area contributed by atoms with Gasteiger partial charge < -0.3 is 0 Å². The third kappa shape index (κ3) is 2.75. The first-order chi connectivity index (χ1) is 13.7. The number of nitro groups is 1. The normalized spacial score (nSPS) is 11.1. The van der Waals surface area contributed by atoms with Gasteiger partial charge in [0.05, 0.1) is 4.92 Å². The predicted octanol–water partition coefficient (Wildman–Crippen LogP) is 7.30. The molecule has 4 aromatic carbocycles. The Hall–Kier alpha value is -3.50. The Balaban J connectivity index is 1.65. The Morgan fingerprint density at radius 1 is 0.643 bits per heavy atom. The smallest absolute Gasteiger partial charge is 0.258 e. The summed E-state index contributed by atoms with van der Waals surface area (Å²) >= 11 is 1.80. The van der Waals surface area contributed by atoms with Crippen LogP contribution < -0.4 is 0 Å². The zero-order valence-electron chi connectivity index (χ0n) is 14.8. The van der Waals surface area contributed by atoms with E-state index in [0.717, 1.165) is 22.3 Å². The topological polar surface area (TPSA) is 43.1 Å². The first-order valence-corrected chi connectivity index (χ1v) is 9.78. The molecule has 0 atom stereocenters. The quantitative estimate of drug-likeness (QED) is 0.243. The molecule has 0 aliphatic heterocycles. The first-order valence-electron chi connectivity index (χ1n) is 8.96. The molecule has 4 heteroatoms. The summed E-state index contributed by atoms with van der Waals surface area (Å²) in [5.74, 6) is 0. The van der Waals surface area contributed by atoms with Crippen molar-refractivity contribution in [2.24, 2.45) is 0 Å². The Bertz CT molecular complexity index is 1340. The molecule has 0 saturated heterocycles. The molecule has 0 bridgehead atoms. The van der Waals surface area contributed by atoms with Gasteiger partial charge in [0, 0.05) is 32.3 Å². The third-order valence-corrected chi connectivity index (χ3v) is 6.14. The van der Waals surface area contributed by atoms with Crippen molar-refractivity contribution in [3.63, 3.8) is 0 Å². The SMILES string of the molecule is O=[N+]([O-])c1ccc(-c2ccccc2-c2ccc3c(c2)sc2ccccc23)cc1. The second kappa shape index (κ2) is 6.59. The van der Waals surface area contributed by atoms with Crippen LogP contribution in [0.3, 0.4) is 0 Å². The van der Waals surface area contributed by atoms with Crippen LogP contribution in [0, 0.1) is 10.1 Å². The van der Waals surface area contributed by atoms with Crippen LogP contribution in [0.2, 0.25) is 0 Å². The van der Waals surface area contributed by atoms with Gasteiger partial charge in [0.1, 0.15) is 0 Å². The minimum absolute atomic E-state index is 0.105. The second-order valence-corrected chi connectivity index (χ2v) is 7.74. The molecule has 0 radical (unpaired) electrons. The molecule has 0 aliphatic carbocycles. The highest BCUT2D eigenvalue weighted by atomic mass is 32.1. The minimum atomic E-state index is -0.370. The Kier molecular flexibility index (Phi) is 3.92. The van der Waals surface area contributed by atoms with Gasteiger partial charge in [-0.1, -0.05) is 54.6 Å². The van der Waals surface area contributed by atoms with E-state index in [0.29, 0.717) is 0 Å². The summed E-state index contributed by atoms with van der Waals surface area (Å²) in [7, 11) is 0. The average Bonchev–Trinajstić information content (AvgIpc) is 3.11. The highest BCUT2D eigenvalue weighted by molar-refractivity contribution is 7.25. The maximum Gasteiger partial charge on any atom is 0.269 e. The summed E-state index contributed by atoms with van der Waals surface area (Å²) in [5.41, 5.74) is 4.41. The van der Waals surface area contributed by atoms with Crippen molar-refractivity contribution in [2.45, 2.75) is 0 Å². The zero-order chi connectivity index (χ0) is 19.1. The summed E-state index contributed by atoms with van der Waals surface area (Å²) in [5, 5.41) is 13.5. The molecular formula is C24H15NO2S. The van der Waals surface area contributed by atoms with Crippen LogP contribution in [0.15, 0.2) is 91.0 Å². The monoisotopic (exact) mass is 381 g/mol. The lowest BCUT2D eigenvalue weighted by atomic mass is 9.94. The number of thiophene rings is 1. The maximum absolute atomic E-state index is 10.9. The first kappa shape index (κ1) is 16.7. The number of nitrogens with zero attached hydrogens (tertiary/aromatic N) is 1. The molecule has 0 spiro atoms. The van der Waals surface area contributed by atoms with E-state index in [2.05, 4.69) is 54.6 Å². The van der Waals surface area contributed by atoms with E-state index in [1.54, 1.807) is 23.5 Å². The molecule has 0 fully saturated rings. The van der Waals surface area contributed by atoms with E-state index in [4.69, 9.17) is 0 Å². The van der Waals surface area contributed by atoms with E-state index in [9.17, 15) is 10.1 Å². The summed E-state index contributed by atoms with van der Waals surface area (Å²) in [6, 6.07) is 30.0. The predicted molar refractivity (Wildman–Crippen MR) is 117 cm³/mol. The molecule has 0 saturated carbocycles. The van der Waals surface area contributed by atoms with E-state index in [1.165, 1.54) is 20.2 Å². The molecule has 0 N–H and O–H groups in total. The van der Waals surface area contributed by atoms with Crippen molar-refractivity contribution in [3.8, 4) is 22.3 Å². The standard InChI is InChI=1S/C24H15NO2S/c26-25(27)18-12-9-16(10-13-18)19-5-1-2-6-20(19)17-11-14-22-21-7-3-4-8-23(21)28-24(22)15-17/h1-15H. The number of fused-ring (bicyclic) bond motifs is 3. The Labute approximate surface area is 165 Å². The van der Waals surface area contributed by atoms with E-state index < -0.39 is 0 Å². The summed E-state index contributed by atoms with van der Waals surface area (Å²) in [6.07, 6.45) is 0. The molecule has 0 unspecified atom stereocenters. The maximum atomic E-state index is 10.9. The van der Waals surface area contributed by atoms with Crippen LogP contribution >= 0.6 is 11.3 Å². The van der Waals surface area contributed by atoms with Crippen LogP contribution in [0.4, 0.5) is 5.69 Å². The number of hydrogen-bond donors (Lipinski definition) is 0. The molecule has 28 heavy (non-hydrogen) atoms. The molecule has 0 amide bonds. The van der Waals surface area contributed by atoms with Crippen molar-refractivity contribution >= 4 is 37.2 Å². The van der Waals surface area contributed by atoms with Gasteiger partial charge in [-0.15, -0.1) is 11.3 Å². The fourth-order valence-corrected chi connectivity index (χ4v) is 4.79. The molecule has 1 heterocycles. The van der Waals surface area contributed by atoms with Crippen LogP contribution in [-0.4, -0.2) is 4.92 Å². The van der Waals surface area contributed by atoms with Gasteiger partial charge in [-0.25, -0.2) is 0 Å². The lowest BCUT2D eigenvalue weighted by Crippen LogP contribution is -1.88. The van der Waals surface area contributed by atoms with Crippen LogP contribution in [0.1, 0.15) is 0 Å². The molecular weight excluding hydrogens is 366 g/mol. The van der Waals surface area contributed by atoms with E-state index in [1.807, 2.05) is 24.3 Å². The Morgan fingerprint density at radius 2 is 1.25 bits per heavy atom. The number of hydrogen-bond acceptors (Lipinski definition) is 3. The fraction of sp³-hybridized carbons (Fsp3) is 0. The van der Waals surface area contributed by atoms with Crippen LogP contribution in [0.5, 0.6) is 0 Å². The number of rotatable bonds is 3. The van der Waals surface area contributed by atoms with E-state index >= 15 is 0 Å². The minimum Gasteiger partial charge on any atom is -0.258 e. The average molecular weight is 381 g/mol. The molecule has 1 aromatic heterocycles.